The van der Waals surface area contributed by atoms with E-state index in [-0.39, 0.29) is 30.9 Å². The molecule has 0 radical (unpaired) electrons. The monoisotopic (exact) mass is 393 g/mol. The van der Waals surface area contributed by atoms with Gasteiger partial charge in [0.05, 0.1) is 12.0 Å². The maximum absolute atomic E-state index is 12.0. The van der Waals surface area contributed by atoms with Crippen LogP contribution in [0.15, 0.2) is 36.4 Å². The van der Waals surface area contributed by atoms with Crippen molar-refractivity contribution in [1.29, 1.82) is 0 Å². The first-order valence-corrected chi connectivity index (χ1v) is 9.61. The third-order valence-electron chi connectivity index (χ3n) is 4.97. The first-order chi connectivity index (χ1) is 14.0. The molecular formula is C21H23N5O3. The van der Waals surface area contributed by atoms with Gasteiger partial charge in [0.15, 0.2) is 11.6 Å². The van der Waals surface area contributed by atoms with Crippen LogP contribution in [0.3, 0.4) is 0 Å². The van der Waals surface area contributed by atoms with Crippen LogP contribution in [0.4, 0.5) is 5.82 Å². The molecule has 3 N–H and O–H groups in total. The lowest BCUT2D eigenvalue weighted by Gasteiger charge is -2.24. The van der Waals surface area contributed by atoms with Crippen molar-refractivity contribution < 1.29 is 14.3 Å². The molecule has 0 bridgehead atoms. The summed E-state index contributed by atoms with van der Waals surface area (Å²) >= 11 is 0. The van der Waals surface area contributed by atoms with Gasteiger partial charge in [-0.25, -0.2) is 9.97 Å². The zero-order chi connectivity index (χ0) is 20.4. The predicted octanol–water partition coefficient (Wildman–Crippen LogP) is 2.18. The van der Waals surface area contributed by atoms with Crippen molar-refractivity contribution in [3.63, 3.8) is 0 Å². The molecule has 1 unspecified atom stereocenters. The number of H-pyrrole nitrogens is 1. The minimum atomic E-state index is -0.385. The van der Waals surface area contributed by atoms with Crippen molar-refractivity contribution in [1.82, 2.24) is 15.0 Å². The number of carbonyl (C=O) groups is 2. The highest BCUT2D eigenvalue weighted by Gasteiger charge is 2.32. The average molecular weight is 393 g/mol. The maximum atomic E-state index is 12.0. The average Bonchev–Trinajstić information content (AvgIpc) is 3.34. The minimum absolute atomic E-state index is 0.0330. The number of nitrogens with one attached hydrogen (secondary N) is 1. The topological polar surface area (TPSA) is 114 Å². The normalized spacial score (nSPS) is 16.4. The second-order valence-electron chi connectivity index (χ2n) is 7.24. The van der Waals surface area contributed by atoms with Crippen LogP contribution in [-0.2, 0) is 20.9 Å². The second-order valence-corrected chi connectivity index (χ2v) is 7.24. The van der Waals surface area contributed by atoms with E-state index < -0.39 is 0 Å². The summed E-state index contributed by atoms with van der Waals surface area (Å²) in [5, 5.41) is 0.805. The molecule has 1 atom stereocenters. The summed E-state index contributed by atoms with van der Waals surface area (Å²) in [5.41, 5.74) is 7.96. The van der Waals surface area contributed by atoms with Gasteiger partial charge in [0.1, 0.15) is 24.1 Å². The summed E-state index contributed by atoms with van der Waals surface area (Å²) < 4.78 is 5.43. The summed E-state index contributed by atoms with van der Waals surface area (Å²) in [4.78, 5) is 37.8. The number of aromatic nitrogens is 3. The molecule has 8 nitrogen and oxygen atoms in total. The molecular weight excluding hydrogens is 370 g/mol. The first kappa shape index (κ1) is 19.1. The van der Waals surface area contributed by atoms with E-state index in [1.165, 1.54) is 6.92 Å². The van der Waals surface area contributed by atoms with Crippen molar-refractivity contribution in [2.24, 2.45) is 5.73 Å². The van der Waals surface area contributed by atoms with Crippen LogP contribution >= 0.6 is 0 Å². The fourth-order valence-corrected chi connectivity index (χ4v) is 3.68. The van der Waals surface area contributed by atoms with E-state index >= 15 is 0 Å². The molecule has 3 aromatic rings. The Morgan fingerprint density at radius 1 is 1.28 bits per heavy atom. The number of hydrogen-bond donors (Lipinski definition) is 2. The Balaban J connectivity index is 1.79. The molecule has 29 heavy (non-hydrogen) atoms. The third kappa shape index (κ3) is 3.97. The standard InChI is InChI=1S/C21H23N5O3/c1-13(27)11-29-12-15-10-16-20(23-15)24-19(14-6-3-2-4-7-14)25-21(16)26-9-5-8-17(26)18(22)28/h2-4,6-7,10,17H,5,8-9,11-12H2,1H3,(H2,22,28)(H,23,24,25). The van der Waals surface area contributed by atoms with Crippen LogP contribution in [0.2, 0.25) is 0 Å². The van der Waals surface area contributed by atoms with Gasteiger partial charge in [-0.3, -0.25) is 9.59 Å². The molecule has 1 aliphatic rings. The van der Waals surface area contributed by atoms with Gasteiger partial charge in [-0.1, -0.05) is 30.3 Å². The van der Waals surface area contributed by atoms with Crippen LogP contribution in [0.25, 0.3) is 22.4 Å². The number of rotatable bonds is 7. The van der Waals surface area contributed by atoms with Crippen molar-refractivity contribution >= 4 is 28.5 Å². The van der Waals surface area contributed by atoms with Crippen LogP contribution in [0.1, 0.15) is 25.5 Å². The summed E-state index contributed by atoms with van der Waals surface area (Å²) in [6, 6.07) is 11.2. The molecule has 0 spiro atoms. The van der Waals surface area contributed by atoms with Gasteiger partial charge in [-0.2, -0.15) is 0 Å². The van der Waals surface area contributed by atoms with E-state index in [4.69, 9.17) is 15.5 Å². The van der Waals surface area contributed by atoms with Gasteiger partial charge in [-0.15, -0.1) is 0 Å². The van der Waals surface area contributed by atoms with Gasteiger partial charge in [0, 0.05) is 17.8 Å². The highest BCUT2D eigenvalue weighted by atomic mass is 16.5. The molecule has 2 aromatic heterocycles. The predicted molar refractivity (Wildman–Crippen MR) is 109 cm³/mol. The van der Waals surface area contributed by atoms with Gasteiger partial charge < -0.3 is 20.4 Å². The molecule has 150 valence electrons. The highest BCUT2D eigenvalue weighted by Crippen LogP contribution is 2.32. The van der Waals surface area contributed by atoms with E-state index in [2.05, 4.69) is 9.97 Å². The number of Topliss-reactive ketones (excluding diaryl/α,β-unsaturated/α-hetero) is 1. The Hall–Kier alpha value is -3.26. The molecule has 8 heteroatoms. The Bertz CT molecular complexity index is 1050. The fraction of sp³-hybridized carbons (Fsp3) is 0.333. The SMILES string of the molecule is CC(=O)COCc1cc2c(N3CCCC3C(N)=O)nc(-c3ccccc3)nc2[nH]1. The number of nitrogens with zero attached hydrogens (tertiary/aromatic N) is 3. The van der Waals surface area contributed by atoms with Crippen molar-refractivity contribution in [2.75, 3.05) is 18.1 Å². The number of aromatic amines is 1. The molecule has 1 amide bonds. The van der Waals surface area contributed by atoms with Crippen molar-refractivity contribution in [2.45, 2.75) is 32.4 Å². The zero-order valence-corrected chi connectivity index (χ0v) is 16.2. The van der Waals surface area contributed by atoms with E-state index in [0.29, 0.717) is 30.3 Å². The van der Waals surface area contributed by atoms with Gasteiger partial charge in [0.2, 0.25) is 5.91 Å². The van der Waals surface area contributed by atoms with Crippen LogP contribution in [0.5, 0.6) is 0 Å². The number of hydrogen-bond acceptors (Lipinski definition) is 6. The van der Waals surface area contributed by atoms with Crippen LogP contribution < -0.4 is 10.6 Å². The van der Waals surface area contributed by atoms with Crippen LogP contribution in [-0.4, -0.2) is 45.8 Å². The summed E-state index contributed by atoms with van der Waals surface area (Å²) in [6.07, 6.45) is 1.58. The third-order valence-corrected chi connectivity index (χ3v) is 4.97. The van der Waals surface area contributed by atoms with E-state index in [1.54, 1.807) is 0 Å². The van der Waals surface area contributed by atoms with E-state index in [9.17, 15) is 9.59 Å². The highest BCUT2D eigenvalue weighted by molar-refractivity contribution is 5.93. The smallest absolute Gasteiger partial charge is 0.240 e. The molecule has 0 saturated carbocycles. The minimum Gasteiger partial charge on any atom is -0.368 e. The molecule has 1 fully saturated rings. The fourth-order valence-electron chi connectivity index (χ4n) is 3.68. The van der Waals surface area contributed by atoms with E-state index in [1.807, 2.05) is 41.3 Å². The molecule has 0 aliphatic carbocycles. The molecule has 3 heterocycles. The number of nitrogens with two attached hydrogens (primary N) is 1. The van der Waals surface area contributed by atoms with Crippen molar-refractivity contribution in [3.8, 4) is 11.4 Å². The molecule has 1 saturated heterocycles. The largest absolute Gasteiger partial charge is 0.368 e. The lowest BCUT2D eigenvalue weighted by molar-refractivity contribution is -0.122. The molecule has 4 rings (SSSR count). The van der Waals surface area contributed by atoms with E-state index in [0.717, 1.165) is 23.1 Å². The number of primary amides is 1. The summed E-state index contributed by atoms with van der Waals surface area (Å²) in [5.74, 6) is 0.871. The lowest BCUT2D eigenvalue weighted by atomic mass is 10.2. The number of benzene rings is 1. The quantitative estimate of drug-likeness (QED) is 0.636. The first-order valence-electron chi connectivity index (χ1n) is 9.61. The van der Waals surface area contributed by atoms with Gasteiger partial charge >= 0.3 is 0 Å². The second kappa shape index (κ2) is 8.00. The Labute approximate surface area is 168 Å². The number of carbonyl (C=O) groups excluding carboxylic acids is 2. The van der Waals surface area contributed by atoms with Gasteiger partial charge in [-0.05, 0) is 25.8 Å². The number of fused-ring (bicyclic) bond motifs is 1. The number of ether oxygens (including phenoxy) is 1. The summed E-state index contributed by atoms with van der Waals surface area (Å²) in [7, 11) is 0. The Morgan fingerprint density at radius 2 is 2.07 bits per heavy atom. The zero-order valence-electron chi connectivity index (χ0n) is 16.2. The Morgan fingerprint density at radius 3 is 2.79 bits per heavy atom. The molecule has 1 aromatic carbocycles. The molecule has 1 aliphatic heterocycles. The lowest BCUT2D eigenvalue weighted by Crippen LogP contribution is -2.40. The van der Waals surface area contributed by atoms with Crippen LogP contribution in [0, 0.1) is 0 Å². The number of ketones is 1. The van der Waals surface area contributed by atoms with Gasteiger partial charge in [0.25, 0.3) is 0 Å². The number of amides is 1. The van der Waals surface area contributed by atoms with Crippen molar-refractivity contribution in [3.05, 3.63) is 42.1 Å². The Kier molecular flexibility index (Phi) is 5.26. The summed E-state index contributed by atoms with van der Waals surface area (Å²) in [6.45, 7) is 2.50. The maximum Gasteiger partial charge on any atom is 0.240 e. The number of anilines is 1.